The van der Waals surface area contributed by atoms with Crippen molar-refractivity contribution in [2.24, 2.45) is 0 Å². The maximum absolute atomic E-state index is 13.4. The number of hydrogen-bond acceptors (Lipinski definition) is 6. The highest BCUT2D eigenvalue weighted by atomic mass is 32.1. The SMILES string of the molecule is Cc1ccc(C)c2sc(N(CCCN(C)C)C(=O)c3nnc4n3CCC4)nc12. The number of nitrogens with zero attached hydrogens (tertiary/aromatic N) is 6. The Kier molecular flexibility index (Phi) is 5.16. The van der Waals surface area contributed by atoms with Gasteiger partial charge < -0.3 is 9.47 Å². The third kappa shape index (κ3) is 3.42. The molecule has 0 N–H and O–H groups in total. The van der Waals surface area contributed by atoms with Gasteiger partial charge in [-0.15, -0.1) is 10.2 Å². The molecule has 0 radical (unpaired) electrons. The Morgan fingerprint density at radius 1 is 1.18 bits per heavy atom. The molecule has 0 fully saturated rings. The van der Waals surface area contributed by atoms with Crippen LogP contribution in [-0.4, -0.2) is 57.7 Å². The minimum atomic E-state index is -0.103. The lowest BCUT2D eigenvalue weighted by molar-refractivity contribution is 0.0971. The average Bonchev–Trinajstić information content (AvgIpc) is 3.36. The monoisotopic (exact) mass is 398 g/mol. The van der Waals surface area contributed by atoms with E-state index in [0.717, 1.165) is 59.1 Å². The Bertz CT molecular complexity index is 982. The van der Waals surface area contributed by atoms with Gasteiger partial charge in [-0.2, -0.15) is 0 Å². The van der Waals surface area contributed by atoms with Crippen LogP contribution in [-0.2, 0) is 13.0 Å². The van der Waals surface area contributed by atoms with E-state index >= 15 is 0 Å². The number of aromatic nitrogens is 4. The van der Waals surface area contributed by atoms with Crippen molar-refractivity contribution >= 4 is 32.6 Å². The number of carbonyl (C=O) groups is 1. The van der Waals surface area contributed by atoms with Gasteiger partial charge in [-0.1, -0.05) is 23.5 Å². The molecule has 1 aliphatic rings. The standard InChI is InChI=1S/C20H26N6OS/c1-13-8-9-14(2)17-16(13)21-20(28-17)26(12-6-10-24(3)4)19(27)18-23-22-15-7-5-11-25(15)18/h8-9H,5-7,10-12H2,1-4H3. The quantitative estimate of drug-likeness (QED) is 0.638. The number of amides is 1. The molecule has 8 heteroatoms. The summed E-state index contributed by atoms with van der Waals surface area (Å²) in [4.78, 5) is 22.2. The Labute approximate surface area is 169 Å². The first-order chi connectivity index (χ1) is 13.5. The number of rotatable bonds is 6. The van der Waals surface area contributed by atoms with Gasteiger partial charge in [0.2, 0.25) is 5.82 Å². The Morgan fingerprint density at radius 3 is 2.71 bits per heavy atom. The molecule has 7 nitrogen and oxygen atoms in total. The zero-order valence-electron chi connectivity index (χ0n) is 16.9. The second kappa shape index (κ2) is 7.60. The highest BCUT2D eigenvalue weighted by Gasteiger charge is 2.29. The van der Waals surface area contributed by atoms with Crippen LogP contribution in [0.4, 0.5) is 5.13 Å². The molecule has 1 aliphatic heterocycles. The molecular weight excluding hydrogens is 372 g/mol. The van der Waals surface area contributed by atoms with Crippen LogP contribution in [0.2, 0.25) is 0 Å². The summed E-state index contributed by atoms with van der Waals surface area (Å²) in [7, 11) is 4.09. The summed E-state index contributed by atoms with van der Waals surface area (Å²) in [5.41, 5.74) is 3.30. The highest BCUT2D eigenvalue weighted by Crippen LogP contribution is 2.34. The van der Waals surface area contributed by atoms with Crippen LogP contribution in [0, 0.1) is 13.8 Å². The summed E-state index contributed by atoms with van der Waals surface area (Å²) in [6, 6.07) is 4.20. The minimum Gasteiger partial charge on any atom is -0.309 e. The van der Waals surface area contributed by atoms with E-state index in [1.165, 1.54) is 5.56 Å². The fourth-order valence-corrected chi connectivity index (χ4v) is 4.76. The van der Waals surface area contributed by atoms with E-state index in [-0.39, 0.29) is 5.91 Å². The van der Waals surface area contributed by atoms with Gasteiger partial charge in [-0.05, 0) is 58.5 Å². The first kappa shape index (κ1) is 19.0. The van der Waals surface area contributed by atoms with Crippen molar-refractivity contribution in [1.29, 1.82) is 0 Å². The largest absolute Gasteiger partial charge is 0.309 e. The van der Waals surface area contributed by atoms with Crippen LogP contribution in [0.1, 0.15) is 40.4 Å². The molecule has 0 unspecified atom stereocenters. The average molecular weight is 399 g/mol. The number of hydrogen-bond donors (Lipinski definition) is 0. The van der Waals surface area contributed by atoms with Crippen LogP contribution >= 0.6 is 11.3 Å². The van der Waals surface area contributed by atoms with E-state index in [0.29, 0.717) is 12.4 Å². The van der Waals surface area contributed by atoms with Crippen molar-refractivity contribution in [3.8, 4) is 0 Å². The molecule has 148 valence electrons. The number of anilines is 1. The van der Waals surface area contributed by atoms with Gasteiger partial charge in [0.25, 0.3) is 5.91 Å². The second-order valence-electron chi connectivity index (χ2n) is 7.68. The topological polar surface area (TPSA) is 67.2 Å². The second-order valence-corrected chi connectivity index (χ2v) is 8.66. The lowest BCUT2D eigenvalue weighted by Gasteiger charge is -2.20. The van der Waals surface area contributed by atoms with E-state index in [4.69, 9.17) is 4.98 Å². The minimum absolute atomic E-state index is 0.103. The number of carbonyl (C=O) groups excluding carboxylic acids is 1. The maximum Gasteiger partial charge on any atom is 0.298 e. The predicted octanol–water partition coefficient (Wildman–Crippen LogP) is 3.05. The summed E-state index contributed by atoms with van der Waals surface area (Å²) >= 11 is 1.59. The molecule has 0 saturated carbocycles. The molecule has 4 rings (SSSR count). The fraction of sp³-hybridized carbons (Fsp3) is 0.500. The molecule has 28 heavy (non-hydrogen) atoms. The first-order valence-electron chi connectivity index (χ1n) is 9.71. The molecular formula is C20H26N6OS. The molecule has 0 spiro atoms. The zero-order chi connectivity index (χ0) is 19.8. The van der Waals surface area contributed by atoms with Gasteiger partial charge in [0.1, 0.15) is 5.82 Å². The van der Waals surface area contributed by atoms with Gasteiger partial charge in [0.15, 0.2) is 5.13 Å². The Hall–Kier alpha value is -2.32. The summed E-state index contributed by atoms with van der Waals surface area (Å²) < 4.78 is 3.11. The highest BCUT2D eigenvalue weighted by molar-refractivity contribution is 7.22. The van der Waals surface area contributed by atoms with Crippen LogP contribution in [0.15, 0.2) is 12.1 Å². The molecule has 1 aromatic carbocycles. The smallest absolute Gasteiger partial charge is 0.298 e. The number of aryl methyl sites for hydroxylation is 3. The summed E-state index contributed by atoms with van der Waals surface area (Å²) in [6.07, 6.45) is 2.78. The van der Waals surface area contributed by atoms with Crippen LogP contribution in [0.25, 0.3) is 10.2 Å². The van der Waals surface area contributed by atoms with Crippen LogP contribution in [0.3, 0.4) is 0 Å². The van der Waals surface area contributed by atoms with Gasteiger partial charge in [0, 0.05) is 19.5 Å². The van der Waals surface area contributed by atoms with Crippen LogP contribution < -0.4 is 4.90 Å². The first-order valence-corrected chi connectivity index (χ1v) is 10.5. The van der Waals surface area contributed by atoms with Gasteiger partial charge in [-0.25, -0.2) is 4.98 Å². The van der Waals surface area contributed by atoms with Crippen molar-refractivity contribution in [2.75, 3.05) is 32.1 Å². The molecule has 3 aromatic rings. The predicted molar refractivity (Wildman–Crippen MR) is 112 cm³/mol. The van der Waals surface area contributed by atoms with E-state index < -0.39 is 0 Å². The normalized spacial score (nSPS) is 13.5. The number of thiazole rings is 1. The van der Waals surface area contributed by atoms with E-state index in [9.17, 15) is 4.79 Å². The van der Waals surface area contributed by atoms with Crippen molar-refractivity contribution in [1.82, 2.24) is 24.6 Å². The molecule has 2 aromatic heterocycles. The van der Waals surface area contributed by atoms with Gasteiger partial charge >= 0.3 is 0 Å². The van der Waals surface area contributed by atoms with Gasteiger partial charge in [0.05, 0.1) is 10.2 Å². The van der Waals surface area contributed by atoms with Crippen molar-refractivity contribution in [3.63, 3.8) is 0 Å². The number of fused-ring (bicyclic) bond motifs is 2. The van der Waals surface area contributed by atoms with E-state index in [1.807, 2.05) is 18.7 Å². The molecule has 3 heterocycles. The van der Waals surface area contributed by atoms with Crippen molar-refractivity contribution < 1.29 is 4.79 Å². The molecule has 0 bridgehead atoms. The zero-order valence-corrected chi connectivity index (χ0v) is 17.7. The molecule has 0 saturated heterocycles. The van der Waals surface area contributed by atoms with Crippen LogP contribution in [0.5, 0.6) is 0 Å². The van der Waals surface area contributed by atoms with Crippen molar-refractivity contribution in [2.45, 2.75) is 39.7 Å². The molecule has 0 aliphatic carbocycles. The number of benzene rings is 1. The lowest BCUT2D eigenvalue weighted by atomic mass is 10.1. The van der Waals surface area contributed by atoms with E-state index in [2.05, 4.69) is 41.1 Å². The third-order valence-electron chi connectivity index (χ3n) is 5.19. The summed E-state index contributed by atoms with van der Waals surface area (Å²) in [6.45, 7) is 6.48. The van der Waals surface area contributed by atoms with Crippen molar-refractivity contribution in [3.05, 3.63) is 34.9 Å². The third-order valence-corrected chi connectivity index (χ3v) is 6.41. The summed E-state index contributed by atoms with van der Waals surface area (Å²) in [5, 5.41) is 9.16. The molecule has 1 amide bonds. The summed E-state index contributed by atoms with van der Waals surface area (Å²) in [5.74, 6) is 1.24. The Morgan fingerprint density at radius 2 is 1.96 bits per heavy atom. The lowest BCUT2D eigenvalue weighted by Crippen LogP contribution is -2.35. The fourth-order valence-electron chi connectivity index (χ4n) is 3.62. The van der Waals surface area contributed by atoms with Gasteiger partial charge in [-0.3, -0.25) is 9.69 Å². The maximum atomic E-state index is 13.4. The van der Waals surface area contributed by atoms with E-state index in [1.54, 1.807) is 16.2 Å². The molecule has 0 atom stereocenters. The Balaban J connectivity index is 1.72.